The van der Waals surface area contributed by atoms with Crippen LogP contribution in [0.15, 0.2) is 24.3 Å². The van der Waals surface area contributed by atoms with Crippen molar-refractivity contribution in [2.24, 2.45) is 5.92 Å². The number of carbonyl (C=O) groups excluding carboxylic acids is 2. The molecule has 1 aromatic heterocycles. The van der Waals surface area contributed by atoms with E-state index >= 15 is 0 Å². The molecular formula is C21H26N2O3. The minimum absolute atomic E-state index is 0.0377. The fourth-order valence-electron chi connectivity index (χ4n) is 3.27. The number of amides is 1. The molecule has 1 aliphatic carbocycles. The van der Waals surface area contributed by atoms with Crippen LogP contribution < -0.4 is 5.32 Å². The van der Waals surface area contributed by atoms with Crippen LogP contribution in [0.25, 0.3) is 10.9 Å². The van der Waals surface area contributed by atoms with Gasteiger partial charge in [-0.15, -0.1) is 0 Å². The Labute approximate surface area is 154 Å². The molecule has 0 radical (unpaired) electrons. The first-order valence-corrected chi connectivity index (χ1v) is 9.34. The van der Waals surface area contributed by atoms with Crippen molar-refractivity contribution in [3.8, 4) is 0 Å². The van der Waals surface area contributed by atoms with Crippen molar-refractivity contribution in [3.05, 3.63) is 41.1 Å². The van der Waals surface area contributed by atoms with Crippen LogP contribution >= 0.6 is 0 Å². The van der Waals surface area contributed by atoms with Crippen molar-refractivity contribution in [2.75, 3.05) is 6.61 Å². The molecule has 0 aliphatic heterocycles. The summed E-state index contributed by atoms with van der Waals surface area (Å²) < 4.78 is 5.37. The molecule has 3 rings (SSSR count). The van der Waals surface area contributed by atoms with Gasteiger partial charge in [-0.3, -0.25) is 9.78 Å². The maximum atomic E-state index is 12.8. The molecule has 0 unspecified atom stereocenters. The molecule has 26 heavy (non-hydrogen) atoms. The third-order valence-corrected chi connectivity index (χ3v) is 5.10. The highest BCUT2D eigenvalue weighted by atomic mass is 16.5. The lowest BCUT2D eigenvalue weighted by molar-refractivity contribution is -0.125. The molecule has 0 bridgehead atoms. The first kappa shape index (κ1) is 18.4. The first-order valence-electron chi connectivity index (χ1n) is 9.34. The van der Waals surface area contributed by atoms with Crippen LogP contribution in [0, 0.1) is 5.92 Å². The largest absolute Gasteiger partial charge is 0.452 e. The number of fused-ring (bicyclic) bond motifs is 2. The Morgan fingerprint density at radius 2 is 1.88 bits per heavy atom. The molecule has 0 fully saturated rings. The van der Waals surface area contributed by atoms with E-state index in [1.54, 1.807) is 0 Å². The zero-order valence-corrected chi connectivity index (χ0v) is 15.7. The fraction of sp³-hybridized carbons (Fsp3) is 0.476. The van der Waals surface area contributed by atoms with Crippen molar-refractivity contribution in [1.29, 1.82) is 0 Å². The van der Waals surface area contributed by atoms with Gasteiger partial charge in [-0.25, -0.2) is 4.79 Å². The summed E-state index contributed by atoms with van der Waals surface area (Å²) in [5.74, 6) is -0.383. The van der Waals surface area contributed by atoms with Gasteiger partial charge in [-0.1, -0.05) is 32.0 Å². The van der Waals surface area contributed by atoms with Gasteiger partial charge in [0.05, 0.1) is 11.1 Å². The number of carbonyl (C=O) groups is 2. The van der Waals surface area contributed by atoms with E-state index in [9.17, 15) is 9.59 Å². The first-order chi connectivity index (χ1) is 12.5. The third kappa shape index (κ3) is 3.87. The van der Waals surface area contributed by atoms with Gasteiger partial charge in [0.25, 0.3) is 5.91 Å². The smallest absolute Gasteiger partial charge is 0.339 e. The fourth-order valence-corrected chi connectivity index (χ4v) is 3.27. The summed E-state index contributed by atoms with van der Waals surface area (Å²) in [6.07, 6.45) is 3.84. The van der Waals surface area contributed by atoms with Gasteiger partial charge in [0, 0.05) is 17.1 Å². The summed E-state index contributed by atoms with van der Waals surface area (Å²) in [4.78, 5) is 29.6. The zero-order chi connectivity index (χ0) is 18.7. The molecule has 1 aromatic carbocycles. The van der Waals surface area contributed by atoms with Gasteiger partial charge in [-0.05, 0) is 50.2 Å². The van der Waals surface area contributed by atoms with E-state index in [4.69, 9.17) is 9.72 Å². The van der Waals surface area contributed by atoms with Crippen molar-refractivity contribution in [1.82, 2.24) is 10.3 Å². The number of aryl methyl sites for hydroxylation is 1. The number of ether oxygens (including phenoxy) is 1. The van der Waals surface area contributed by atoms with E-state index in [1.807, 2.05) is 45.0 Å². The van der Waals surface area contributed by atoms with Crippen molar-refractivity contribution in [2.45, 2.75) is 52.5 Å². The zero-order valence-electron chi connectivity index (χ0n) is 15.7. The summed E-state index contributed by atoms with van der Waals surface area (Å²) in [7, 11) is 0. The predicted octanol–water partition coefficient (Wildman–Crippen LogP) is 3.43. The average molecular weight is 354 g/mol. The highest BCUT2D eigenvalue weighted by molar-refractivity contribution is 6.05. The molecule has 0 saturated carbocycles. The Morgan fingerprint density at radius 1 is 1.15 bits per heavy atom. The SMILES string of the molecule is CC(C)[C@H](C)NC(=O)COC(=O)c1c2c(nc3ccccc13)CCCC2. The number of esters is 1. The third-order valence-electron chi connectivity index (χ3n) is 5.10. The Hall–Kier alpha value is -2.43. The molecule has 138 valence electrons. The van der Waals surface area contributed by atoms with Gasteiger partial charge >= 0.3 is 5.97 Å². The second kappa shape index (κ2) is 7.85. The Bertz CT molecular complexity index is 829. The van der Waals surface area contributed by atoms with Crippen LogP contribution in [-0.2, 0) is 22.4 Å². The molecule has 1 aliphatic rings. The highest BCUT2D eigenvalue weighted by Crippen LogP contribution is 2.29. The summed E-state index contributed by atoms with van der Waals surface area (Å²) >= 11 is 0. The monoisotopic (exact) mass is 354 g/mol. The van der Waals surface area contributed by atoms with Crippen molar-refractivity contribution >= 4 is 22.8 Å². The molecule has 0 spiro atoms. The summed E-state index contributed by atoms with van der Waals surface area (Å²) in [5.41, 5.74) is 3.35. The second-order valence-electron chi connectivity index (χ2n) is 7.31. The van der Waals surface area contributed by atoms with E-state index in [-0.39, 0.29) is 18.6 Å². The van der Waals surface area contributed by atoms with Crippen LogP contribution in [0.5, 0.6) is 0 Å². The Morgan fingerprint density at radius 3 is 2.65 bits per heavy atom. The van der Waals surface area contributed by atoms with Gasteiger partial charge in [0.2, 0.25) is 0 Å². The molecule has 1 amide bonds. The topological polar surface area (TPSA) is 68.3 Å². The number of nitrogens with one attached hydrogen (secondary N) is 1. The normalized spacial score (nSPS) is 14.8. The van der Waals surface area contributed by atoms with E-state index in [2.05, 4.69) is 5.32 Å². The number of aromatic nitrogens is 1. The lowest BCUT2D eigenvalue weighted by Gasteiger charge is -2.20. The molecule has 1 N–H and O–H groups in total. The van der Waals surface area contributed by atoms with Gasteiger partial charge in [0.15, 0.2) is 6.61 Å². The molecule has 5 heteroatoms. The van der Waals surface area contributed by atoms with E-state index < -0.39 is 5.97 Å². The molecule has 1 heterocycles. The lowest BCUT2D eigenvalue weighted by Crippen LogP contribution is -2.38. The number of hydrogen-bond donors (Lipinski definition) is 1. The summed E-state index contributed by atoms with van der Waals surface area (Å²) in [6, 6.07) is 7.66. The molecular weight excluding hydrogens is 328 g/mol. The van der Waals surface area contributed by atoms with E-state index in [0.717, 1.165) is 47.8 Å². The van der Waals surface area contributed by atoms with Crippen LogP contribution in [0.3, 0.4) is 0 Å². The number of pyridine rings is 1. The standard InChI is InChI=1S/C21H26N2O3/c1-13(2)14(3)22-19(24)12-26-21(25)20-15-8-4-6-10-17(15)23-18-11-7-5-9-16(18)20/h4,6,8,10,13-14H,5,7,9,11-12H2,1-3H3,(H,22,24)/t14-/m0/s1. The van der Waals surface area contributed by atoms with Crippen LogP contribution in [-0.4, -0.2) is 29.5 Å². The van der Waals surface area contributed by atoms with E-state index in [1.165, 1.54) is 0 Å². The number of rotatable bonds is 5. The Kier molecular flexibility index (Phi) is 5.55. The number of nitrogens with zero attached hydrogens (tertiary/aromatic N) is 1. The molecule has 1 atom stereocenters. The number of benzene rings is 1. The molecule has 5 nitrogen and oxygen atoms in total. The summed E-state index contributed by atoms with van der Waals surface area (Å²) in [5, 5.41) is 3.66. The molecule has 0 saturated heterocycles. The lowest BCUT2D eigenvalue weighted by atomic mass is 9.90. The maximum absolute atomic E-state index is 12.8. The minimum atomic E-state index is -0.436. The second-order valence-corrected chi connectivity index (χ2v) is 7.31. The average Bonchev–Trinajstić information content (AvgIpc) is 2.64. The van der Waals surface area contributed by atoms with Crippen LogP contribution in [0.4, 0.5) is 0 Å². The quantitative estimate of drug-likeness (QED) is 0.835. The predicted molar refractivity (Wildman–Crippen MR) is 101 cm³/mol. The summed E-state index contributed by atoms with van der Waals surface area (Å²) in [6.45, 7) is 5.75. The van der Waals surface area contributed by atoms with Crippen molar-refractivity contribution in [3.63, 3.8) is 0 Å². The van der Waals surface area contributed by atoms with Gasteiger partial charge in [-0.2, -0.15) is 0 Å². The maximum Gasteiger partial charge on any atom is 0.339 e. The number of para-hydroxylation sites is 1. The van der Waals surface area contributed by atoms with Crippen LogP contribution in [0.2, 0.25) is 0 Å². The number of hydrogen-bond acceptors (Lipinski definition) is 4. The molecule has 2 aromatic rings. The van der Waals surface area contributed by atoms with E-state index in [0.29, 0.717) is 11.5 Å². The highest BCUT2D eigenvalue weighted by Gasteiger charge is 2.24. The van der Waals surface area contributed by atoms with Crippen molar-refractivity contribution < 1.29 is 14.3 Å². The van der Waals surface area contributed by atoms with Crippen LogP contribution in [0.1, 0.15) is 55.2 Å². The minimum Gasteiger partial charge on any atom is -0.452 e. The van der Waals surface area contributed by atoms with Gasteiger partial charge < -0.3 is 10.1 Å². The van der Waals surface area contributed by atoms with Gasteiger partial charge in [0.1, 0.15) is 0 Å². The Balaban J connectivity index is 1.83.